The van der Waals surface area contributed by atoms with Gasteiger partial charge in [0.2, 0.25) is 0 Å². The van der Waals surface area contributed by atoms with Gasteiger partial charge in [0, 0.05) is 5.92 Å². The Bertz CT molecular complexity index is 549. The number of benzene rings is 2. The van der Waals surface area contributed by atoms with E-state index in [-0.39, 0.29) is 5.92 Å². The number of hydrogen-bond acceptors (Lipinski definition) is 3. The summed E-state index contributed by atoms with van der Waals surface area (Å²) in [5, 5.41) is 0. The summed E-state index contributed by atoms with van der Waals surface area (Å²) in [5.74, 6) is -0.00802. The van der Waals surface area contributed by atoms with Gasteiger partial charge in [0.15, 0.2) is 0 Å². The first-order valence-corrected chi connectivity index (χ1v) is 9.39. The van der Waals surface area contributed by atoms with Crippen LogP contribution >= 0.6 is 7.60 Å². The van der Waals surface area contributed by atoms with Gasteiger partial charge in [0.25, 0.3) is 0 Å². The Morgan fingerprint density at radius 2 is 1.23 bits per heavy atom. The van der Waals surface area contributed by atoms with E-state index < -0.39 is 7.60 Å². The summed E-state index contributed by atoms with van der Waals surface area (Å²) in [7, 11) is -3.11. The second-order valence-electron chi connectivity index (χ2n) is 5.00. The van der Waals surface area contributed by atoms with Crippen LogP contribution in [0.25, 0.3) is 0 Å². The van der Waals surface area contributed by atoms with Gasteiger partial charge in [0.1, 0.15) is 0 Å². The molecule has 118 valence electrons. The molecular weight excluding hydrogens is 295 g/mol. The zero-order valence-electron chi connectivity index (χ0n) is 13.1. The molecule has 2 aromatic rings. The molecule has 0 heterocycles. The van der Waals surface area contributed by atoms with Crippen LogP contribution in [0.2, 0.25) is 0 Å². The quantitative estimate of drug-likeness (QED) is 0.636. The average Bonchev–Trinajstić information content (AvgIpc) is 2.55. The molecule has 0 aliphatic carbocycles. The highest BCUT2D eigenvalue weighted by Gasteiger charge is 2.30. The summed E-state index contributed by atoms with van der Waals surface area (Å²) in [6, 6.07) is 20.2. The van der Waals surface area contributed by atoms with Crippen molar-refractivity contribution in [2.45, 2.75) is 19.8 Å². The lowest BCUT2D eigenvalue weighted by atomic mass is 9.93. The highest BCUT2D eigenvalue weighted by Crippen LogP contribution is 2.52. The van der Waals surface area contributed by atoms with Gasteiger partial charge in [-0.05, 0) is 25.0 Å². The van der Waals surface area contributed by atoms with Crippen LogP contribution in [0.3, 0.4) is 0 Å². The van der Waals surface area contributed by atoms with Crippen molar-refractivity contribution < 1.29 is 13.6 Å². The third-order valence-electron chi connectivity index (χ3n) is 3.46. The SMILES string of the molecule is CCOP(=O)(CC(c1ccccc1)c1ccccc1)OCC. The van der Waals surface area contributed by atoms with E-state index in [4.69, 9.17) is 9.05 Å². The zero-order chi connectivity index (χ0) is 15.8. The fourth-order valence-electron chi connectivity index (χ4n) is 2.53. The standard InChI is InChI=1S/C18H23O3P/c1-3-20-22(19,21-4-2)15-18(16-11-7-5-8-12-16)17-13-9-6-10-14-17/h5-14,18H,3-4,15H2,1-2H3. The van der Waals surface area contributed by atoms with Gasteiger partial charge < -0.3 is 9.05 Å². The second kappa shape index (κ2) is 8.28. The Labute approximate surface area is 132 Å². The molecule has 2 aromatic carbocycles. The van der Waals surface area contributed by atoms with E-state index in [1.54, 1.807) is 0 Å². The summed E-state index contributed by atoms with van der Waals surface area (Å²) >= 11 is 0. The minimum absolute atomic E-state index is 0.00802. The summed E-state index contributed by atoms with van der Waals surface area (Å²) < 4.78 is 23.9. The topological polar surface area (TPSA) is 35.5 Å². The van der Waals surface area contributed by atoms with Gasteiger partial charge in [-0.2, -0.15) is 0 Å². The molecule has 0 aliphatic heterocycles. The summed E-state index contributed by atoms with van der Waals surface area (Å²) in [4.78, 5) is 0. The first-order chi connectivity index (χ1) is 10.7. The lowest BCUT2D eigenvalue weighted by molar-refractivity contribution is 0.219. The molecule has 0 bridgehead atoms. The molecule has 0 saturated carbocycles. The maximum absolute atomic E-state index is 12.9. The molecule has 4 heteroatoms. The molecule has 0 atom stereocenters. The smallest absolute Gasteiger partial charge is 0.309 e. The van der Waals surface area contributed by atoms with Crippen LogP contribution in [0.4, 0.5) is 0 Å². The molecule has 0 saturated heterocycles. The maximum Gasteiger partial charge on any atom is 0.331 e. The molecule has 0 spiro atoms. The molecule has 2 rings (SSSR count). The second-order valence-corrected chi connectivity index (χ2v) is 7.11. The molecule has 22 heavy (non-hydrogen) atoms. The molecular formula is C18H23O3P. The minimum atomic E-state index is -3.11. The van der Waals surface area contributed by atoms with Gasteiger partial charge in [0.05, 0.1) is 19.4 Å². The first kappa shape index (κ1) is 17.0. The fraction of sp³-hybridized carbons (Fsp3) is 0.333. The van der Waals surface area contributed by atoms with Crippen LogP contribution in [-0.2, 0) is 13.6 Å². The predicted octanol–water partition coefficient (Wildman–Crippen LogP) is 5.08. The van der Waals surface area contributed by atoms with E-state index in [2.05, 4.69) is 24.3 Å². The molecule has 0 aliphatic rings. The lowest BCUT2D eigenvalue weighted by Gasteiger charge is -2.24. The van der Waals surface area contributed by atoms with Crippen molar-refractivity contribution in [3.63, 3.8) is 0 Å². The summed E-state index contributed by atoms with van der Waals surface area (Å²) in [5.41, 5.74) is 2.24. The van der Waals surface area contributed by atoms with Gasteiger partial charge >= 0.3 is 7.60 Å². The van der Waals surface area contributed by atoms with Crippen LogP contribution in [0, 0.1) is 0 Å². The molecule has 0 amide bonds. The van der Waals surface area contributed by atoms with Crippen LogP contribution in [0.15, 0.2) is 60.7 Å². The first-order valence-electron chi connectivity index (χ1n) is 7.66. The Balaban J connectivity index is 2.35. The molecule has 0 fully saturated rings. The third kappa shape index (κ3) is 4.54. The molecule has 0 aromatic heterocycles. The van der Waals surface area contributed by atoms with Crippen molar-refractivity contribution >= 4 is 7.60 Å². The highest BCUT2D eigenvalue weighted by atomic mass is 31.2. The van der Waals surface area contributed by atoms with E-state index in [0.717, 1.165) is 11.1 Å². The normalized spacial score (nSPS) is 11.8. The van der Waals surface area contributed by atoms with Crippen LogP contribution in [0.1, 0.15) is 30.9 Å². The van der Waals surface area contributed by atoms with Crippen molar-refractivity contribution in [2.75, 3.05) is 19.4 Å². The molecule has 3 nitrogen and oxygen atoms in total. The van der Waals surface area contributed by atoms with Crippen LogP contribution in [-0.4, -0.2) is 19.4 Å². The van der Waals surface area contributed by atoms with Crippen molar-refractivity contribution in [2.24, 2.45) is 0 Å². The van der Waals surface area contributed by atoms with Crippen LogP contribution < -0.4 is 0 Å². The average molecular weight is 318 g/mol. The Morgan fingerprint density at radius 3 is 1.59 bits per heavy atom. The van der Waals surface area contributed by atoms with E-state index in [1.807, 2.05) is 50.2 Å². The van der Waals surface area contributed by atoms with Crippen molar-refractivity contribution in [1.82, 2.24) is 0 Å². The van der Waals surface area contributed by atoms with E-state index in [1.165, 1.54) is 0 Å². The Morgan fingerprint density at radius 1 is 0.818 bits per heavy atom. The van der Waals surface area contributed by atoms with Crippen LogP contribution in [0.5, 0.6) is 0 Å². The minimum Gasteiger partial charge on any atom is -0.309 e. The maximum atomic E-state index is 12.9. The molecule has 0 unspecified atom stereocenters. The van der Waals surface area contributed by atoms with E-state index >= 15 is 0 Å². The summed E-state index contributed by atoms with van der Waals surface area (Å²) in [6.45, 7) is 4.44. The molecule has 0 N–H and O–H groups in total. The van der Waals surface area contributed by atoms with Gasteiger partial charge in [-0.25, -0.2) is 0 Å². The Hall–Kier alpha value is -1.41. The van der Waals surface area contributed by atoms with Crippen molar-refractivity contribution in [3.05, 3.63) is 71.8 Å². The third-order valence-corrected chi connectivity index (χ3v) is 5.58. The largest absolute Gasteiger partial charge is 0.331 e. The summed E-state index contributed by atoms with van der Waals surface area (Å²) in [6.07, 6.45) is 0.350. The van der Waals surface area contributed by atoms with E-state index in [9.17, 15) is 4.57 Å². The van der Waals surface area contributed by atoms with Gasteiger partial charge in [-0.3, -0.25) is 4.57 Å². The fourth-order valence-corrected chi connectivity index (χ4v) is 4.47. The van der Waals surface area contributed by atoms with Crippen molar-refractivity contribution in [1.29, 1.82) is 0 Å². The monoisotopic (exact) mass is 318 g/mol. The Kier molecular flexibility index (Phi) is 6.38. The van der Waals surface area contributed by atoms with Gasteiger partial charge in [-0.1, -0.05) is 60.7 Å². The van der Waals surface area contributed by atoms with Gasteiger partial charge in [-0.15, -0.1) is 0 Å². The van der Waals surface area contributed by atoms with E-state index in [0.29, 0.717) is 19.4 Å². The lowest BCUT2D eigenvalue weighted by Crippen LogP contribution is -2.10. The zero-order valence-corrected chi connectivity index (χ0v) is 14.0. The highest BCUT2D eigenvalue weighted by molar-refractivity contribution is 7.53. The number of rotatable bonds is 8. The number of hydrogen-bond donors (Lipinski definition) is 0. The van der Waals surface area contributed by atoms with Crippen molar-refractivity contribution in [3.8, 4) is 0 Å². The predicted molar refractivity (Wildman–Crippen MR) is 90.5 cm³/mol. The molecule has 0 radical (unpaired) electrons.